The SMILES string of the molecule is CC(N)c1nnc(CCC(=O)c2nc3ccccc3[nH]2)o1. The Morgan fingerprint density at radius 1 is 1.38 bits per heavy atom. The first-order valence-corrected chi connectivity index (χ1v) is 6.69. The molecule has 1 atom stereocenters. The van der Waals surface area contributed by atoms with Gasteiger partial charge in [0.15, 0.2) is 11.6 Å². The van der Waals surface area contributed by atoms with Gasteiger partial charge in [0.2, 0.25) is 11.8 Å². The number of aryl methyl sites for hydroxylation is 1. The molecule has 7 heteroatoms. The third kappa shape index (κ3) is 2.82. The molecule has 21 heavy (non-hydrogen) atoms. The van der Waals surface area contributed by atoms with Crippen molar-refractivity contribution < 1.29 is 9.21 Å². The quantitative estimate of drug-likeness (QED) is 0.691. The van der Waals surface area contributed by atoms with Gasteiger partial charge in [-0.25, -0.2) is 4.98 Å². The molecule has 3 rings (SSSR count). The summed E-state index contributed by atoms with van der Waals surface area (Å²) in [6, 6.07) is 7.20. The van der Waals surface area contributed by atoms with Crippen LogP contribution in [0, 0.1) is 0 Å². The summed E-state index contributed by atoms with van der Waals surface area (Å²) in [4.78, 5) is 19.4. The Morgan fingerprint density at radius 2 is 2.19 bits per heavy atom. The lowest BCUT2D eigenvalue weighted by Gasteiger charge is -1.96. The molecule has 2 aromatic heterocycles. The minimum Gasteiger partial charge on any atom is -0.424 e. The van der Waals surface area contributed by atoms with Crippen molar-refractivity contribution in [3.8, 4) is 0 Å². The monoisotopic (exact) mass is 285 g/mol. The number of ketones is 1. The maximum absolute atomic E-state index is 12.1. The molecule has 7 nitrogen and oxygen atoms in total. The van der Waals surface area contributed by atoms with Crippen molar-refractivity contribution in [1.82, 2.24) is 20.2 Å². The molecule has 0 amide bonds. The molecule has 0 fully saturated rings. The number of benzene rings is 1. The van der Waals surface area contributed by atoms with Crippen LogP contribution in [0.2, 0.25) is 0 Å². The summed E-state index contributed by atoms with van der Waals surface area (Å²) in [7, 11) is 0. The number of aromatic amines is 1. The number of carbonyl (C=O) groups is 1. The van der Waals surface area contributed by atoms with Crippen LogP contribution in [-0.2, 0) is 6.42 Å². The second kappa shape index (κ2) is 5.45. The van der Waals surface area contributed by atoms with Gasteiger partial charge < -0.3 is 15.1 Å². The maximum Gasteiger partial charge on any atom is 0.232 e. The van der Waals surface area contributed by atoms with Gasteiger partial charge in [-0.3, -0.25) is 4.79 Å². The van der Waals surface area contributed by atoms with E-state index >= 15 is 0 Å². The summed E-state index contributed by atoms with van der Waals surface area (Å²) >= 11 is 0. The fourth-order valence-corrected chi connectivity index (χ4v) is 1.98. The van der Waals surface area contributed by atoms with Gasteiger partial charge in [0.1, 0.15) is 0 Å². The van der Waals surface area contributed by atoms with E-state index in [2.05, 4.69) is 20.2 Å². The number of para-hydroxylation sites is 2. The standard InChI is InChI=1S/C14H15N5O2/c1-8(15)14-19-18-12(21-14)7-6-11(20)13-16-9-4-2-3-5-10(9)17-13/h2-5,8H,6-7,15H2,1H3,(H,16,17). The van der Waals surface area contributed by atoms with Crippen LogP contribution in [0.15, 0.2) is 28.7 Å². The number of H-pyrrole nitrogens is 1. The van der Waals surface area contributed by atoms with Gasteiger partial charge in [0, 0.05) is 12.8 Å². The predicted molar refractivity (Wildman–Crippen MR) is 75.6 cm³/mol. The van der Waals surface area contributed by atoms with E-state index in [9.17, 15) is 4.79 Å². The first kappa shape index (κ1) is 13.4. The van der Waals surface area contributed by atoms with Crippen molar-refractivity contribution in [2.75, 3.05) is 0 Å². The molecule has 0 aliphatic heterocycles. The maximum atomic E-state index is 12.1. The number of nitrogens with one attached hydrogen (secondary N) is 1. The number of hydrogen-bond acceptors (Lipinski definition) is 6. The third-order valence-electron chi connectivity index (χ3n) is 3.09. The summed E-state index contributed by atoms with van der Waals surface area (Å²) in [5, 5.41) is 7.69. The van der Waals surface area contributed by atoms with E-state index in [1.54, 1.807) is 6.92 Å². The Morgan fingerprint density at radius 3 is 2.90 bits per heavy atom. The van der Waals surface area contributed by atoms with Crippen molar-refractivity contribution in [1.29, 1.82) is 0 Å². The summed E-state index contributed by atoms with van der Waals surface area (Å²) in [6.07, 6.45) is 0.621. The molecule has 0 aliphatic carbocycles. The van der Waals surface area contributed by atoms with Crippen LogP contribution in [0.5, 0.6) is 0 Å². The van der Waals surface area contributed by atoms with Crippen LogP contribution in [-0.4, -0.2) is 25.9 Å². The lowest BCUT2D eigenvalue weighted by atomic mass is 10.2. The summed E-state index contributed by atoms with van der Waals surface area (Å²) in [5.41, 5.74) is 7.26. The van der Waals surface area contributed by atoms with E-state index in [0.29, 0.717) is 24.0 Å². The zero-order valence-corrected chi connectivity index (χ0v) is 11.5. The van der Waals surface area contributed by atoms with Gasteiger partial charge in [0.05, 0.1) is 17.1 Å². The minimum atomic E-state index is -0.308. The average molecular weight is 285 g/mol. The smallest absolute Gasteiger partial charge is 0.232 e. The molecule has 0 saturated heterocycles. The molecule has 2 heterocycles. The molecular formula is C14H15N5O2. The average Bonchev–Trinajstić information content (AvgIpc) is 3.11. The van der Waals surface area contributed by atoms with E-state index in [0.717, 1.165) is 11.0 Å². The Balaban J connectivity index is 1.68. The topological polar surface area (TPSA) is 111 Å². The Hall–Kier alpha value is -2.54. The van der Waals surface area contributed by atoms with Crippen LogP contribution < -0.4 is 5.73 Å². The lowest BCUT2D eigenvalue weighted by Crippen LogP contribution is -2.05. The highest BCUT2D eigenvalue weighted by Crippen LogP contribution is 2.13. The van der Waals surface area contributed by atoms with E-state index in [-0.39, 0.29) is 18.2 Å². The first-order valence-electron chi connectivity index (χ1n) is 6.69. The van der Waals surface area contributed by atoms with Crippen molar-refractivity contribution in [3.05, 3.63) is 41.9 Å². The minimum absolute atomic E-state index is 0.0910. The number of imidazole rings is 1. The predicted octanol–water partition coefficient (Wildman–Crippen LogP) is 1.78. The second-order valence-electron chi connectivity index (χ2n) is 4.85. The van der Waals surface area contributed by atoms with Crippen LogP contribution in [0.25, 0.3) is 11.0 Å². The highest BCUT2D eigenvalue weighted by atomic mass is 16.4. The summed E-state index contributed by atoms with van der Waals surface area (Å²) < 4.78 is 5.36. The van der Waals surface area contributed by atoms with Gasteiger partial charge in [0.25, 0.3) is 0 Å². The molecular weight excluding hydrogens is 270 g/mol. The zero-order valence-electron chi connectivity index (χ0n) is 11.5. The van der Waals surface area contributed by atoms with Crippen molar-refractivity contribution in [2.45, 2.75) is 25.8 Å². The molecule has 0 bridgehead atoms. The van der Waals surface area contributed by atoms with Crippen LogP contribution in [0.4, 0.5) is 0 Å². The molecule has 108 valence electrons. The number of nitrogens with two attached hydrogens (primary N) is 1. The zero-order chi connectivity index (χ0) is 14.8. The van der Waals surface area contributed by atoms with Gasteiger partial charge in [-0.2, -0.15) is 0 Å². The van der Waals surface area contributed by atoms with Gasteiger partial charge in [-0.1, -0.05) is 12.1 Å². The Labute approximate surface area is 120 Å². The first-order chi connectivity index (χ1) is 10.1. The third-order valence-corrected chi connectivity index (χ3v) is 3.09. The number of Topliss-reactive ketones (excluding diaryl/α,β-unsaturated/α-hetero) is 1. The highest BCUT2D eigenvalue weighted by molar-refractivity contribution is 5.95. The number of fused-ring (bicyclic) bond motifs is 1. The highest BCUT2D eigenvalue weighted by Gasteiger charge is 2.15. The van der Waals surface area contributed by atoms with Gasteiger partial charge in [-0.15, -0.1) is 10.2 Å². The fourth-order valence-electron chi connectivity index (χ4n) is 1.98. The number of nitrogens with zero attached hydrogens (tertiary/aromatic N) is 3. The Kier molecular flexibility index (Phi) is 3.49. The normalized spacial score (nSPS) is 12.7. The number of hydrogen-bond donors (Lipinski definition) is 2. The van der Waals surface area contributed by atoms with Crippen molar-refractivity contribution in [2.24, 2.45) is 5.73 Å². The molecule has 0 spiro atoms. The van der Waals surface area contributed by atoms with Crippen LogP contribution in [0.3, 0.4) is 0 Å². The molecule has 1 unspecified atom stereocenters. The van der Waals surface area contributed by atoms with E-state index < -0.39 is 0 Å². The van der Waals surface area contributed by atoms with Crippen molar-refractivity contribution in [3.63, 3.8) is 0 Å². The van der Waals surface area contributed by atoms with Crippen LogP contribution in [0.1, 0.15) is 41.8 Å². The number of rotatable bonds is 5. The molecule has 3 N–H and O–H groups in total. The van der Waals surface area contributed by atoms with E-state index in [1.807, 2.05) is 24.3 Å². The largest absolute Gasteiger partial charge is 0.424 e. The lowest BCUT2D eigenvalue weighted by molar-refractivity contribution is 0.0971. The summed E-state index contributed by atoms with van der Waals surface area (Å²) in [6.45, 7) is 1.76. The molecule has 1 aromatic carbocycles. The molecule has 3 aromatic rings. The van der Waals surface area contributed by atoms with Gasteiger partial charge >= 0.3 is 0 Å². The fraction of sp³-hybridized carbons (Fsp3) is 0.286. The second-order valence-corrected chi connectivity index (χ2v) is 4.85. The van der Waals surface area contributed by atoms with Crippen molar-refractivity contribution >= 4 is 16.8 Å². The summed E-state index contributed by atoms with van der Waals surface area (Å²) in [5.74, 6) is 1.04. The van der Waals surface area contributed by atoms with Crippen LogP contribution >= 0.6 is 0 Å². The van der Waals surface area contributed by atoms with E-state index in [1.165, 1.54) is 0 Å². The Bertz CT molecular complexity index is 741. The molecule has 0 aliphatic rings. The number of aromatic nitrogens is 4. The van der Waals surface area contributed by atoms with E-state index in [4.69, 9.17) is 10.2 Å². The number of carbonyl (C=O) groups excluding carboxylic acids is 1. The molecule has 0 saturated carbocycles. The van der Waals surface area contributed by atoms with Gasteiger partial charge in [-0.05, 0) is 19.1 Å². The molecule has 0 radical (unpaired) electrons.